The Bertz CT molecular complexity index is 162. The van der Waals surface area contributed by atoms with E-state index in [1.807, 2.05) is 0 Å². The lowest BCUT2D eigenvalue weighted by Gasteiger charge is -2.37. The molecule has 1 nitrogen and oxygen atoms in total. The van der Waals surface area contributed by atoms with E-state index < -0.39 is 0 Å². The van der Waals surface area contributed by atoms with Gasteiger partial charge in [-0.05, 0) is 37.0 Å². The van der Waals surface area contributed by atoms with Gasteiger partial charge in [-0.15, -0.1) is 0 Å². The summed E-state index contributed by atoms with van der Waals surface area (Å²) < 4.78 is 0. The number of aliphatic hydroxyl groups is 1. The fourth-order valence-corrected chi connectivity index (χ4v) is 3.29. The summed E-state index contributed by atoms with van der Waals surface area (Å²) in [6, 6.07) is 0. The predicted molar refractivity (Wildman–Crippen MR) is 86.5 cm³/mol. The van der Waals surface area contributed by atoms with Gasteiger partial charge in [0.15, 0.2) is 0 Å². The van der Waals surface area contributed by atoms with Crippen LogP contribution in [0.4, 0.5) is 0 Å². The fraction of sp³-hybridized carbons (Fsp3) is 1.00. The van der Waals surface area contributed by atoms with Crippen molar-refractivity contribution in [2.45, 2.75) is 98.3 Å². The van der Waals surface area contributed by atoms with Gasteiger partial charge in [0.25, 0.3) is 0 Å². The zero-order valence-corrected chi connectivity index (χ0v) is 14.0. The minimum Gasteiger partial charge on any atom is -0.396 e. The van der Waals surface area contributed by atoms with Crippen LogP contribution in [0.5, 0.6) is 0 Å². The quantitative estimate of drug-likeness (QED) is 0.438. The SMILES string of the molecule is CCCCC(CCCC)(CCCC)CC(CC)CO. The minimum absolute atomic E-state index is 0.378. The summed E-state index contributed by atoms with van der Waals surface area (Å²) in [4.78, 5) is 0. The topological polar surface area (TPSA) is 20.2 Å². The Morgan fingerprint density at radius 1 is 0.789 bits per heavy atom. The van der Waals surface area contributed by atoms with Crippen molar-refractivity contribution in [1.29, 1.82) is 0 Å². The molecule has 0 rings (SSSR count). The standard InChI is InChI=1S/C18H38O/c1-5-9-12-18(13-10-6-2,14-11-7-3)15-17(8-4)16-19/h17,19H,5-16H2,1-4H3. The molecule has 19 heavy (non-hydrogen) atoms. The van der Waals surface area contributed by atoms with Crippen molar-refractivity contribution >= 4 is 0 Å². The molecule has 0 amide bonds. The van der Waals surface area contributed by atoms with E-state index in [0.29, 0.717) is 17.9 Å². The van der Waals surface area contributed by atoms with Gasteiger partial charge in [-0.3, -0.25) is 0 Å². The maximum Gasteiger partial charge on any atom is 0.0459 e. The summed E-state index contributed by atoms with van der Waals surface area (Å²) >= 11 is 0. The highest BCUT2D eigenvalue weighted by Crippen LogP contribution is 2.42. The van der Waals surface area contributed by atoms with E-state index in [9.17, 15) is 5.11 Å². The average molecular weight is 271 g/mol. The van der Waals surface area contributed by atoms with Crippen LogP contribution >= 0.6 is 0 Å². The summed E-state index contributed by atoms with van der Waals surface area (Å²) in [7, 11) is 0. The van der Waals surface area contributed by atoms with Gasteiger partial charge >= 0.3 is 0 Å². The first-order valence-electron chi connectivity index (χ1n) is 8.78. The molecule has 0 saturated heterocycles. The third kappa shape index (κ3) is 7.97. The summed E-state index contributed by atoms with van der Waals surface area (Å²) in [5, 5.41) is 9.57. The normalized spacial score (nSPS) is 13.7. The Morgan fingerprint density at radius 2 is 1.21 bits per heavy atom. The van der Waals surface area contributed by atoms with E-state index in [-0.39, 0.29) is 0 Å². The molecular formula is C18H38O. The highest BCUT2D eigenvalue weighted by Gasteiger charge is 2.30. The molecule has 0 aliphatic carbocycles. The molecule has 0 radical (unpaired) electrons. The van der Waals surface area contributed by atoms with Crippen LogP contribution in [0, 0.1) is 11.3 Å². The Hall–Kier alpha value is -0.0400. The van der Waals surface area contributed by atoms with Crippen LogP contribution in [0.3, 0.4) is 0 Å². The van der Waals surface area contributed by atoms with E-state index in [1.165, 1.54) is 64.2 Å². The molecule has 1 unspecified atom stereocenters. The smallest absolute Gasteiger partial charge is 0.0459 e. The van der Waals surface area contributed by atoms with Crippen molar-refractivity contribution < 1.29 is 5.11 Å². The Labute approximate surface area is 122 Å². The molecule has 116 valence electrons. The molecule has 1 heteroatoms. The van der Waals surface area contributed by atoms with E-state index in [2.05, 4.69) is 27.7 Å². The molecule has 1 atom stereocenters. The number of hydrogen-bond acceptors (Lipinski definition) is 1. The van der Waals surface area contributed by atoms with Crippen LogP contribution in [0.2, 0.25) is 0 Å². The van der Waals surface area contributed by atoms with Crippen molar-refractivity contribution in [3.8, 4) is 0 Å². The lowest BCUT2D eigenvalue weighted by molar-refractivity contribution is 0.111. The molecule has 0 bridgehead atoms. The van der Waals surface area contributed by atoms with E-state index in [1.54, 1.807) is 0 Å². The second kappa shape index (κ2) is 11.8. The monoisotopic (exact) mass is 270 g/mol. The van der Waals surface area contributed by atoms with Gasteiger partial charge in [0, 0.05) is 6.61 Å². The van der Waals surface area contributed by atoms with Gasteiger partial charge in [0.05, 0.1) is 0 Å². The van der Waals surface area contributed by atoms with Gasteiger partial charge in [-0.2, -0.15) is 0 Å². The van der Waals surface area contributed by atoms with Crippen LogP contribution in [0.1, 0.15) is 98.3 Å². The molecular weight excluding hydrogens is 232 g/mol. The zero-order valence-electron chi connectivity index (χ0n) is 14.0. The molecule has 0 aromatic carbocycles. The van der Waals surface area contributed by atoms with Gasteiger partial charge in [-0.1, -0.05) is 72.6 Å². The van der Waals surface area contributed by atoms with Crippen LogP contribution in [-0.4, -0.2) is 11.7 Å². The van der Waals surface area contributed by atoms with E-state index in [0.717, 1.165) is 6.42 Å². The van der Waals surface area contributed by atoms with Crippen molar-refractivity contribution in [3.63, 3.8) is 0 Å². The Kier molecular flexibility index (Phi) is 11.7. The predicted octanol–water partition coefficient (Wildman–Crippen LogP) is 5.95. The number of unbranched alkanes of at least 4 members (excludes halogenated alkanes) is 3. The van der Waals surface area contributed by atoms with Crippen LogP contribution in [0.25, 0.3) is 0 Å². The number of aliphatic hydroxyl groups excluding tert-OH is 1. The molecule has 0 aliphatic rings. The first-order valence-corrected chi connectivity index (χ1v) is 8.78. The lowest BCUT2D eigenvalue weighted by atomic mass is 9.69. The van der Waals surface area contributed by atoms with Crippen molar-refractivity contribution in [1.82, 2.24) is 0 Å². The van der Waals surface area contributed by atoms with Gasteiger partial charge in [0.1, 0.15) is 0 Å². The second-order valence-corrected chi connectivity index (χ2v) is 6.47. The molecule has 0 fully saturated rings. The molecule has 1 N–H and O–H groups in total. The van der Waals surface area contributed by atoms with E-state index >= 15 is 0 Å². The van der Waals surface area contributed by atoms with Gasteiger partial charge < -0.3 is 5.11 Å². The molecule has 0 spiro atoms. The molecule has 0 aliphatic heterocycles. The van der Waals surface area contributed by atoms with Crippen molar-refractivity contribution in [2.24, 2.45) is 11.3 Å². The highest BCUT2D eigenvalue weighted by atomic mass is 16.3. The van der Waals surface area contributed by atoms with Crippen LogP contribution in [0.15, 0.2) is 0 Å². The second-order valence-electron chi connectivity index (χ2n) is 6.47. The third-order valence-electron chi connectivity index (χ3n) is 4.74. The van der Waals surface area contributed by atoms with Gasteiger partial charge in [-0.25, -0.2) is 0 Å². The average Bonchev–Trinajstić information content (AvgIpc) is 2.45. The first-order chi connectivity index (χ1) is 9.17. The largest absolute Gasteiger partial charge is 0.396 e. The first kappa shape index (κ1) is 19.0. The maximum atomic E-state index is 9.57. The molecule has 0 heterocycles. The van der Waals surface area contributed by atoms with Crippen molar-refractivity contribution in [3.05, 3.63) is 0 Å². The van der Waals surface area contributed by atoms with Crippen LogP contribution < -0.4 is 0 Å². The maximum absolute atomic E-state index is 9.57. The van der Waals surface area contributed by atoms with Crippen LogP contribution in [-0.2, 0) is 0 Å². The summed E-state index contributed by atoms with van der Waals surface area (Å²) in [5.74, 6) is 0.519. The lowest BCUT2D eigenvalue weighted by Crippen LogP contribution is -2.26. The zero-order chi connectivity index (χ0) is 14.6. The summed E-state index contributed by atoms with van der Waals surface area (Å²) in [6.07, 6.45) is 14.5. The fourth-order valence-electron chi connectivity index (χ4n) is 3.29. The van der Waals surface area contributed by atoms with Crippen molar-refractivity contribution in [2.75, 3.05) is 6.61 Å². The summed E-state index contributed by atoms with van der Waals surface area (Å²) in [5.41, 5.74) is 0.519. The molecule has 0 aromatic rings. The Morgan fingerprint density at radius 3 is 1.47 bits per heavy atom. The summed E-state index contributed by atoms with van der Waals surface area (Å²) in [6.45, 7) is 9.50. The van der Waals surface area contributed by atoms with Gasteiger partial charge in [0.2, 0.25) is 0 Å². The Balaban J connectivity index is 4.74. The minimum atomic E-state index is 0.378. The highest BCUT2D eigenvalue weighted by molar-refractivity contribution is 4.82. The molecule has 0 saturated carbocycles. The van der Waals surface area contributed by atoms with E-state index in [4.69, 9.17) is 0 Å². The molecule has 0 aromatic heterocycles. The third-order valence-corrected chi connectivity index (χ3v) is 4.74. The number of rotatable bonds is 13. The number of hydrogen-bond donors (Lipinski definition) is 1.